The van der Waals surface area contributed by atoms with Gasteiger partial charge in [-0.15, -0.1) is 6.58 Å². The minimum atomic E-state index is 0.562. The molecule has 0 aliphatic heterocycles. The van der Waals surface area contributed by atoms with Gasteiger partial charge in [0.25, 0.3) is 0 Å². The SMILES string of the molecule is C=C[C](C)c1cccc(OC)c1C#N. The van der Waals surface area contributed by atoms with Crippen LogP contribution in [-0.2, 0) is 0 Å². The van der Waals surface area contributed by atoms with Crippen molar-refractivity contribution in [1.82, 2.24) is 0 Å². The molecule has 0 amide bonds. The Morgan fingerprint density at radius 3 is 2.79 bits per heavy atom. The third kappa shape index (κ3) is 1.77. The quantitative estimate of drug-likeness (QED) is 0.727. The summed E-state index contributed by atoms with van der Waals surface area (Å²) in [5, 5.41) is 9.00. The molecule has 0 aliphatic rings. The third-order valence-corrected chi connectivity index (χ3v) is 2.09. The lowest BCUT2D eigenvalue weighted by Gasteiger charge is -2.10. The molecule has 0 bridgehead atoms. The molecule has 1 aromatic carbocycles. The minimum Gasteiger partial charge on any atom is -0.495 e. The predicted molar refractivity (Wildman–Crippen MR) is 55.9 cm³/mol. The number of hydrogen-bond acceptors (Lipinski definition) is 2. The highest BCUT2D eigenvalue weighted by atomic mass is 16.5. The number of nitriles is 1. The molecule has 0 fully saturated rings. The molecule has 0 saturated carbocycles. The van der Waals surface area contributed by atoms with E-state index in [1.165, 1.54) is 0 Å². The number of hydrogen-bond donors (Lipinski definition) is 0. The second kappa shape index (κ2) is 4.48. The van der Waals surface area contributed by atoms with Crippen LogP contribution in [0.15, 0.2) is 30.9 Å². The summed E-state index contributed by atoms with van der Waals surface area (Å²) < 4.78 is 5.10. The number of ether oxygens (including phenoxy) is 1. The molecule has 1 rings (SSSR count). The van der Waals surface area contributed by atoms with Crippen LogP contribution in [0.1, 0.15) is 18.1 Å². The van der Waals surface area contributed by atoms with E-state index in [1.807, 2.05) is 19.1 Å². The van der Waals surface area contributed by atoms with Crippen molar-refractivity contribution in [3.05, 3.63) is 47.9 Å². The number of benzene rings is 1. The van der Waals surface area contributed by atoms with Crippen LogP contribution < -0.4 is 4.74 Å². The number of allylic oxidation sites excluding steroid dienone is 1. The predicted octanol–water partition coefficient (Wildman–Crippen LogP) is 2.70. The van der Waals surface area contributed by atoms with Crippen molar-refractivity contribution in [2.45, 2.75) is 6.92 Å². The first-order chi connectivity index (χ1) is 6.74. The highest BCUT2D eigenvalue weighted by molar-refractivity contribution is 5.55. The standard InChI is InChI=1S/C12H12NO/c1-4-9(2)10-6-5-7-12(14-3)11(10)8-13/h4-7H,1H2,2-3H3. The molecule has 0 aliphatic carbocycles. The van der Waals surface area contributed by atoms with Gasteiger partial charge < -0.3 is 4.74 Å². The molecule has 0 heterocycles. The first-order valence-electron chi connectivity index (χ1n) is 4.28. The maximum absolute atomic E-state index is 9.00. The zero-order valence-corrected chi connectivity index (χ0v) is 8.37. The van der Waals surface area contributed by atoms with E-state index >= 15 is 0 Å². The van der Waals surface area contributed by atoms with Gasteiger partial charge in [0.1, 0.15) is 11.8 Å². The van der Waals surface area contributed by atoms with Crippen molar-refractivity contribution in [1.29, 1.82) is 5.26 Å². The zero-order valence-electron chi connectivity index (χ0n) is 8.37. The van der Waals surface area contributed by atoms with Crippen LogP contribution in [-0.4, -0.2) is 7.11 Å². The molecule has 71 valence electrons. The van der Waals surface area contributed by atoms with E-state index in [1.54, 1.807) is 19.3 Å². The lowest BCUT2D eigenvalue weighted by molar-refractivity contribution is 0.413. The highest BCUT2D eigenvalue weighted by Crippen LogP contribution is 2.26. The molecular formula is C12H12NO. The van der Waals surface area contributed by atoms with E-state index in [9.17, 15) is 0 Å². The Balaban J connectivity index is 3.30. The van der Waals surface area contributed by atoms with E-state index < -0.39 is 0 Å². The van der Waals surface area contributed by atoms with E-state index in [-0.39, 0.29) is 0 Å². The Morgan fingerprint density at radius 1 is 1.57 bits per heavy atom. The van der Waals surface area contributed by atoms with Crippen LogP contribution in [0, 0.1) is 17.2 Å². The Labute approximate surface area is 84.4 Å². The summed E-state index contributed by atoms with van der Waals surface area (Å²) >= 11 is 0. The van der Waals surface area contributed by atoms with Crippen molar-refractivity contribution in [2.24, 2.45) is 0 Å². The lowest BCUT2D eigenvalue weighted by Crippen LogP contribution is -1.97. The fraction of sp³-hybridized carbons (Fsp3) is 0.167. The Kier molecular flexibility index (Phi) is 3.30. The van der Waals surface area contributed by atoms with Crippen LogP contribution in [0.5, 0.6) is 5.75 Å². The number of rotatable bonds is 3. The maximum Gasteiger partial charge on any atom is 0.136 e. The average molecular weight is 186 g/mol. The van der Waals surface area contributed by atoms with Crippen LogP contribution in [0.2, 0.25) is 0 Å². The molecule has 1 radical (unpaired) electrons. The number of nitrogens with zero attached hydrogens (tertiary/aromatic N) is 1. The minimum absolute atomic E-state index is 0.562. The smallest absolute Gasteiger partial charge is 0.136 e. The summed E-state index contributed by atoms with van der Waals surface area (Å²) in [6.07, 6.45) is 1.73. The Morgan fingerprint density at radius 2 is 2.29 bits per heavy atom. The van der Waals surface area contributed by atoms with E-state index in [0.717, 1.165) is 11.5 Å². The van der Waals surface area contributed by atoms with Gasteiger partial charge in [-0.2, -0.15) is 5.26 Å². The average Bonchev–Trinajstić information content (AvgIpc) is 2.26. The summed E-state index contributed by atoms with van der Waals surface area (Å²) in [5.74, 6) is 1.58. The maximum atomic E-state index is 9.00. The van der Waals surface area contributed by atoms with Gasteiger partial charge in [-0.1, -0.05) is 25.1 Å². The van der Waals surface area contributed by atoms with Gasteiger partial charge in [0.2, 0.25) is 0 Å². The third-order valence-electron chi connectivity index (χ3n) is 2.09. The van der Waals surface area contributed by atoms with Crippen LogP contribution >= 0.6 is 0 Å². The fourth-order valence-corrected chi connectivity index (χ4v) is 1.26. The Bertz CT molecular complexity index is 376. The molecule has 2 heteroatoms. The topological polar surface area (TPSA) is 33.0 Å². The monoisotopic (exact) mass is 186 g/mol. The summed E-state index contributed by atoms with van der Waals surface area (Å²) in [4.78, 5) is 0. The molecule has 2 nitrogen and oxygen atoms in total. The molecule has 0 saturated heterocycles. The first-order valence-corrected chi connectivity index (χ1v) is 4.28. The van der Waals surface area contributed by atoms with Gasteiger partial charge in [-0.25, -0.2) is 0 Å². The van der Waals surface area contributed by atoms with Gasteiger partial charge in [0, 0.05) is 5.92 Å². The van der Waals surface area contributed by atoms with Crippen LogP contribution in [0.25, 0.3) is 0 Å². The van der Waals surface area contributed by atoms with Gasteiger partial charge in [0.15, 0.2) is 0 Å². The van der Waals surface area contributed by atoms with E-state index in [2.05, 4.69) is 12.6 Å². The summed E-state index contributed by atoms with van der Waals surface area (Å²) in [6.45, 7) is 5.60. The second-order valence-corrected chi connectivity index (χ2v) is 2.88. The molecule has 0 unspecified atom stereocenters. The van der Waals surface area contributed by atoms with Gasteiger partial charge in [-0.3, -0.25) is 0 Å². The molecule has 14 heavy (non-hydrogen) atoms. The van der Waals surface area contributed by atoms with Crippen molar-refractivity contribution >= 4 is 0 Å². The summed E-state index contributed by atoms with van der Waals surface area (Å²) in [5.41, 5.74) is 1.44. The fourth-order valence-electron chi connectivity index (χ4n) is 1.26. The Hall–Kier alpha value is -1.75. The highest BCUT2D eigenvalue weighted by Gasteiger charge is 2.11. The van der Waals surface area contributed by atoms with Crippen molar-refractivity contribution in [3.63, 3.8) is 0 Å². The van der Waals surface area contributed by atoms with Crippen molar-refractivity contribution in [2.75, 3.05) is 7.11 Å². The summed E-state index contributed by atoms with van der Waals surface area (Å²) in [6, 6.07) is 7.66. The van der Waals surface area contributed by atoms with Gasteiger partial charge >= 0.3 is 0 Å². The normalized spacial score (nSPS) is 9.57. The summed E-state index contributed by atoms with van der Waals surface area (Å²) in [7, 11) is 1.56. The van der Waals surface area contributed by atoms with E-state index in [4.69, 9.17) is 10.00 Å². The molecule has 0 N–H and O–H groups in total. The largest absolute Gasteiger partial charge is 0.495 e. The first kappa shape index (κ1) is 10.3. The van der Waals surface area contributed by atoms with Gasteiger partial charge in [0.05, 0.1) is 12.7 Å². The molecule has 0 atom stereocenters. The molecule has 0 aromatic heterocycles. The molecule has 0 spiro atoms. The molecular weight excluding hydrogens is 174 g/mol. The van der Waals surface area contributed by atoms with Crippen LogP contribution in [0.3, 0.4) is 0 Å². The van der Waals surface area contributed by atoms with Gasteiger partial charge in [-0.05, 0) is 11.6 Å². The van der Waals surface area contributed by atoms with E-state index in [0.29, 0.717) is 11.3 Å². The lowest BCUT2D eigenvalue weighted by atomic mass is 9.96. The van der Waals surface area contributed by atoms with Crippen molar-refractivity contribution in [3.8, 4) is 11.8 Å². The van der Waals surface area contributed by atoms with Crippen molar-refractivity contribution < 1.29 is 4.74 Å². The molecule has 1 aromatic rings. The second-order valence-electron chi connectivity index (χ2n) is 2.88. The number of methoxy groups -OCH3 is 1. The van der Waals surface area contributed by atoms with Crippen LogP contribution in [0.4, 0.5) is 0 Å². The zero-order chi connectivity index (χ0) is 10.6.